The maximum Gasteiger partial charge on any atom is 0.287 e. The summed E-state index contributed by atoms with van der Waals surface area (Å²) in [5.41, 5.74) is 0.635. The highest BCUT2D eigenvalue weighted by Crippen LogP contribution is 2.05. The normalized spacial score (nSPS) is 10.4. The number of hydrogen-bond donors (Lipinski definition) is 3. The van der Waals surface area contributed by atoms with Crippen molar-refractivity contribution in [2.75, 3.05) is 13.1 Å². The van der Waals surface area contributed by atoms with E-state index in [-0.39, 0.29) is 30.4 Å². The Hall–Kier alpha value is -3.48. The van der Waals surface area contributed by atoms with Crippen LogP contribution in [0.1, 0.15) is 21.0 Å². The highest BCUT2D eigenvalue weighted by Gasteiger charge is 2.11. The summed E-state index contributed by atoms with van der Waals surface area (Å²) >= 11 is 0. The Balaban J connectivity index is 1.56. The first-order valence-corrected chi connectivity index (χ1v) is 7.75. The predicted octanol–water partition coefficient (Wildman–Crippen LogP) is 1.08. The Labute approximate surface area is 143 Å². The molecule has 0 spiro atoms. The van der Waals surface area contributed by atoms with Gasteiger partial charge in [0.25, 0.3) is 17.4 Å². The van der Waals surface area contributed by atoms with Crippen LogP contribution in [0.25, 0.3) is 10.9 Å². The van der Waals surface area contributed by atoms with E-state index < -0.39 is 5.91 Å². The summed E-state index contributed by atoms with van der Waals surface area (Å²) in [4.78, 5) is 42.5. The van der Waals surface area contributed by atoms with Crippen molar-refractivity contribution in [3.05, 3.63) is 76.3 Å². The van der Waals surface area contributed by atoms with E-state index in [1.807, 2.05) is 6.07 Å². The zero-order valence-electron chi connectivity index (χ0n) is 13.3. The predicted molar refractivity (Wildman–Crippen MR) is 93.5 cm³/mol. The Morgan fingerprint density at radius 2 is 1.52 bits per heavy atom. The second kappa shape index (κ2) is 7.39. The number of carbonyl (C=O) groups is 2. The van der Waals surface area contributed by atoms with Crippen molar-refractivity contribution in [1.82, 2.24) is 20.6 Å². The number of benzene rings is 2. The van der Waals surface area contributed by atoms with Gasteiger partial charge >= 0.3 is 0 Å². The third-order valence-corrected chi connectivity index (χ3v) is 3.56. The third kappa shape index (κ3) is 3.89. The molecule has 7 heteroatoms. The molecule has 7 nitrogen and oxygen atoms in total. The molecule has 0 aliphatic heterocycles. The van der Waals surface area contributed by atoms with Crippen LogP contribution in [0.3, 0.4) is 0 Å². The van der Waals surface area contributed by atoms with Gasteiger partial charge in [0, 0.05) is 18.7 Å². The smallest absolute Gasteiger partial charge is 0.287 e. The molecule has 1 heterocycles. The number of nitrogens with one attached hydrogen (secondary N) is 3. The van der Waals surface area contributed by atoms with Gasteiger partial charge in [-0.15, -0.1) is 0 Å². The van der Waals surface area contributed by atoms with Crippen LogP contribution in [-0.4, -0.2) is 34.9 Å². The number of amides is 2. The lowest BCUT2D eigenvalue weighted by molar-refractivity contribution is 0.0922. The Bertz CT molecular complexity index is 967. The molecule has 0 bridgehead atoms. The molecule has 0 aliphatic rings. The van der Waals surface area contributed by atoms with Gasteiger partial charge in [-0.05, 0) is 24.3 Å². The number of hydrogen-bond acceptors (Lipinski definition) is 4. The maximum absolute atomic E-state index is 12.1. The van der Waals surface area contributed by atoms with Gasteiger partial charge in [-0.25, -0.2) is 4.98 Å². The van der Waals surface area contributed by atoms with Crippen molar-refractivity contribution >= 4 is 22.7 Å². The standard InChI is InChI=1S/C18H16N4O3/c23-16(12-6-2-1-3-7-12)19-10-11-20-18(25)15-21-14-9-5-4-8-13(14)17(24)22-15/h1-9H,10-11H2,(H,19,23)(H,20,25)(H,21,22,24). The minimum absolute atomic E-state index is 0.0573. The number of aromatic amines is 1. The quantitative estimate of drug-likeness (QED) is 0.607. The zero-order chi connectivity index (χ0) is 17.6. The minimum Gasteiger partial charge on any atom is -0.350 e. The summed E-state index contributed by atoms with van der Waals surface area (Å²) in [5.74, 6) is -0.776. The van der Waals surface area contributed by atoms with Gasteiger partial charge in [0.15, 0.2) is 5.82 Å². The van der Waals surface area contributed by atoms with Gasteiger partial charge in [-0.3, -0.25) is 14.4 Å². The average molecular weight is 336 g/mol. The number of aromatic nitrogens is 2. The van der Waals surface area contributed by atoms with Crippen molar-refractivity contribution in [2.45, 2.75) is 0 Å². The largest absolute Gasteiger partial charge is 0.350 e. The van der Waals surface area contributed by atoms with Crippen LogP contribution >= 0.6 is 0 Å². The molecule has 0 atom stereocenters. The summed E-state index contributed by atoms with van der Waals surface area (Å²) in [6, 6.07) is 15.6. The van der Waals surface area contributed by atoms with E-state index in [9.17, 15) is 14.4 Å². The van der Waals surface area contributed by atoms with Gasteiger partial charge < -0.3 is 15.6 Å². The van der Waals surface area contributed by atoms with Crippen LogP contribution in [0.15, 0.2) is 59.4 Å². The van der Waals surface area contributed by atoms with Crippen LogP contribution in [0.2, 0.25) is 0 Å². The van der Waals surface area contributed by atoms with Crippen LogP contribution in [-0.2, 0) is 0 Å². The molecule has 3 rings (SSSR count). The van der Waals surface area contributed by atoms with Gasteiger partial charge in [0.1, 0.15) is 0 Å². The number of rotatable bonds is 5. The highest BCUT2D eigenvalue weighted by atomic mass is 16.2. The first-order valence-electron chi connectivity index (χ1n) is 7.75. The molecule has 3 N–H and O–H groups in total. The number of para-hydroxylation sites is 1. The van der Waals surface area contributed by atoms with E-state index in [4.69, 9.17) is 0 Å². The van der Waals surface area contributed by atoms with Gasteiger partial charge in [-0.1, -0.05) is 30.3 Å². The second-order valence-corrected chi connectivity index (χ2v) is 5.31. The molecule has 25 heavy (non-hydrogen) atoms. The van der Waals surface area contributed by atoms with Crippen molar-refractivity contribution in [1.29, 1.82) is 0 Å². The van der Waals surface area contributed by atoms with E-state index >= 15 is 0 Å². The van der Waals surface area contributed by atoms with E-state index in [0.717, 1.165) is 0 Å². The van der Waals surface area contributed by atoms with E-state index in [1.165, 1.54) is 0 Å². The Morgan fingerprint density at radius 1 is 0.880 bits per heavy atom. The zero-order valence-corrected chi connectivity index (χ0v) is 13.3. The molecule has 0 saturated heterocycles. The summed E-state index contributed by atoms with van der Waals surface area (Å²) in [6.45, 7) is 0.477. The lowest BCUT2D eigenvalue weighted by Gasteiger charge is -2.07. The lowest BCUT2D eigenvalue weighted by atomic mass is 10.2. The summed E-state index contributed by atoms with van der Waals surface area (Å²) in [7, 11) is 0. The fourth-order valence-corrected chi connectivity index (χ4v) is 2.32. The molecule has 0 aliphatic carbocycles. The minimum atomic E-state index is -0.503. The van der Waals surface area contributed by atoms with Gasteiger partial charge in [-0.2, -0.15) is 0 Å². The van der Waals surface area contributed by atoms with Crippen molar-refractivity contribution in [3.63, 3.8) is 0 Å². The first-order chi connectivity index (χ1) is 12.1. The third-order valence-electron chi connectivity index (χ3n) is 3.56. The SMILES string of the molecule is O=C(NCCNC(=O)c1nc2ccccc2c(=O)[nH]1)c1ccccc1. The Morgan fingerprint density at radius 3 is 2.28 bits per heavy atom. The molecule has 126 valence electrons. The fraction of sp³-hybridized carbons (Fsp3) is 0.111. The maximum atomic E-state index is 12.1. The topological polar surface area (TPSA) is 104 Å². The molecule has 0 radical (unpaired) electrons. The molecule has 0 saturated carbocycles. The number of nitrogens with zero attached hydrogens (tertiary/aromatic N) is 1. The van der Waals surface area contributed by atoms with Crippen LogP contribution in [0.4, 0.5) is 0 Å². The number of fused-ring (bicyclic) bond motifs is 1. The van der Waals surface area contributed by atoms with E-state index in [0.29, 0.717) is 16.5 Å². The van der Waals surface area contributed by atoms with E-state index in [1.54, 1.807) is 48.5 Å². The van der Waals surface area contributed by atoms with E-state index in [2.05, 4.69) is 20.6 Å². The highest BCUT2D eigenvalue weighted by molar-refractivity contribution is 5.94. The average Bonchev–Trinajstić information content (AvgIpc) is 2.65. The van der Waals surface area contributed by atoms with Crippen LogP contribution in [0, 0.1) is 0 Å². The Kier molecular flexibility index (Phi) is 4.84. The fourth-order valence-electron chi connectivity index (χ4n) is 2.32. The summed E-state index contributed by atoms with van der Waals surface area (Å²) in [5, 5.41) is 5.74. The molecule has 3 aromatic rings. The van der Waals surface area contributed by atoms with Gasteiger partial charge in [0.05, 0.1) is 10.9 Å². The monoisotopic (exact) mass is 336 g/mol. The molecule has 2 amide bonds. The van der Waals surface area contributed by atoms with Crippen LogP contribution < -0.4 is 16.2 Å². The summed E-state index contributed by atoms with van der Waals surface area (Å²) in [6.07, 6.45) is 0. The molecule has 2 aromatic carbocycles. The van der Waals surface area contributed by atoms with Crippen molar-refractivity contribution in [2.24, 2.45) is 0 Å². The first kappa shape index (κ1) is 16.4. The molecule has 1 aromatic heterocycles. The number of carbonyl (C=O) groups excluding carboxylic acids is 2. The summed E-state index contributed by atoms with van der Waals surface area (Å²) < 4.78 is 0. The molecular formula is C18H16N4O3. The van der Waals surface area contributed by atoms with Gasteiger partial charge in [0.2, 0.25) is 0 Å². The van der Waals surface area contributed by atoms with Crippen LogP contribution in [0.5, 0.6) is 0 Å². The lowest BCUT2D eigenvalue weighted by Crippen LogP contribution is -2.36. The van der Waals surface area contributed by atoms with Crippen molar-refractivity contribution in [3.8, 4) is 0 Å². The molecule has 0 unspecified atom stereocenters. The number of H-pyrrole nitrogens is 1. The van der Waals surface area contributed by atoms with Crippen molar-refractivity contribution < 1.29 is 9.59 Å². The second-order valence-electron chi connectivity index (χ2n) is 5.31. The molecular weight excluding hydrogens is 320 g/mol. The molecule has 0 fully saturated rings.